The highest BCUT2D eigenvalue weighted by Gasteiger charge is 2.35. The van der Waals surface area contributed by atoms with E-state index in [0.717, 1.165) is 11.8 Å². The van der Waals surface area contributed by atoms with Crippen LogP contribution in [0.4, 0.5) is 0 Å². The van der Waals surface area contributed by atoms with Crippen LogP contribution in [0.1, 0.15) is 51.6 Å². The van der Waals surface area contributed by atoms with Crippen LogP contribution in [-0.2, 0) is 6.42 Å². The molecular formula is C25H22N4O2S2. The smallest absolute Gasteiger partial charge is 0.255 e. The molecular weight excluding hydrogens is 452 g/mol. The average Bonchev–Trinajstić information content (AvgIpc) is 3.63. The maximum Gasteiger partial charge on any atom is 0.255 e. The van der Waals surface area contributed by atoms with Gasteiger partial charge in [0.1, 0.15) is 5.69 Å². The van der Waals surface area contributed by atoms with Crippen LogP contribution < -0.4 is 0 Å². The lowest BCUT2D eigenvalue weighted by atomic mass is 9.97. The van der Waals surface area contributed by atoms with E-state index in [1.54, 1.807) is 35.1 Å². The molecule has 1 aliphatic rings. The molecule has 0 aromatic carbocycles. The third kappa shape index (κ3) is 3.32. The van der Waals surface area contributed by atoms with Crippen LogP contribution in [0, 0.1) is 0 Å². The second kappa shape index (κ2) is 7.97. The molecule has 0 bridgehead atoms. The summed E-state index contributed by atoms with van der Waals surface area (Å²) in [6.07, 6.45) is 4.25. The van der Waals surface area contributed by atoms with E-state index in [4.69, 9.17) is 9.40 Å². The lowest BCUT2D eigenvalue weighted by Gasteiger charge is -2.35. The van der Waals surface area contributed by atoms with Gasteiger partial charge in [-0.25, -0.2) is 9.67 Å². The number of thiophene rings is 2. The summed E-state index contributed by atoms with van der Waals surface area (Å²) in [4.78, 5) is 23.6. The Balaban J connectivity index is 1.52. The number of furan rings is 1. The van der Waals surface area contributed by atoms with E-state index in [2.05, 4.69) is 47.9 Å². The molecule has 5 aromatic rings. The van der Waals surface area contributed by atoms with Crippen molar-refractivity contribution in [3.63, 3.8) is 0 Å². The maximum atomic E-state index is 14.2. The van der Waals surface area contributed by atoms with Crippen LogP contribution in [-0.4, -0.2) is 32.1 Å². The fourth-order valence-electron chi connectivity index (χ4n) is 4.57. The summed E-state index contributed by atoms with van der Waals surface area (Å²) in [6.45, 7) is 4.79. The number of hydrogen-bond acceptors (Lipinski definition) is 6. The highest BCUT2D eigenvalue weighted by Crippen LogP contribution is 2.41. The molecule has 6 rings (SSSR count). The van der Waals surface area contributed by atoms with Gasteiger partial charge >= 0.3 is 0 Å². The predicted molar refractivity (Wildman–Crippen MR) is 131 cm³/mol. The minimum atomic E-state index is -0.0806. The van der Waals surface area contributed by atoms with E-state index in [0.29, 0.717) is 29.2 Å². The first-order chi connectivity index (χ1) is 16.1. The van der Waals surface area contributed by atoms with Crippen molar-refractivity contribution < 1.29 is 9.21 Å². The molecule has 5 aromatic heterocycles. The van der Waals surface area contributed by atoms with Crippen LogP contribution in [0.3, 0.4) is 0 Å². The normalized spacial score (nSPS) is 16.0. The second-order valence-corrected chi connectivity index (χ2v) is 10.4. The van der Waals surface area contributed by atoms with Crippen LogP contribution in [0.2, 0.25) is 0 Å². The van der Waals surface area contributed by atoms with Crippen molar-refractivity contribution in [1.82, 2.24) is 19.7 Å². The van der Waals surface area contributed by atoms with Crippen molar-refractivity contribution in [2.45, 2.75) is 32.4 Å². The molecule has 0 saturated carbocycles. The molecule has 33 heavy (non-hydrogen) atoms. The molecule has 8 heteroatoms. The van der Waals surface area contributed by atoms with Crippen molar-refractivity contribution in [1.29, 1.82) is 0 Å². The van der Waals surface area contributed by atoms with E-state index in [1.165, 1.54) is 15.3 Å². The lowest BCUT2D eigenvalue weighted by Crippen LogP contribution is -2.39. The number of carbonyl (C=O) groups excluding carboxylic acids is 1. The molecule has 1 unspecified atom stereocenters. The Labute approximate surface area is 199 Å². The van der Waals surface area contributed by atoms with Crippen molar-refractivity contribution in [2.24, 2.45) is 0 Å². The van der Waals surface area contributed by atoms with Gasteiger partial charge in [0.15, 0.2) is 11.4 Å². The van der Waals surface area contributed by atoms with Gasteiger partial charge in [0.2, 0.25) is 0 Å². The van der Waals surface area contributed by atoms with E-state index >= 15 is 0 Å². The minimum absolute atomic E-state index is 0.00578. The summed E-state index contributed by atoms with van der Waals surface area (Å²) in [6, 6.07) is 11.9. The van der Waals surface area contributed by atoms with Gasteiger partial charge in [0, 0.05) is 22.3 Å². The van der Waals surface area contributed by atoms with Crippen LogP contribution in [0.5, 0.6) is 0 Å². The predicted octanol–water partition coefficient (Wildman–Crippen LogP) is 6.18. The maximum absolute atomic E-state index is 14.2. The molecule has 166 valence electrons. The Hall–Kier alpha value is -3.23. The number of amides is 1. The Bertz CT molecular complexity index is 1430. The molecule has 0 fully saturated rings. The van der Waals surface area contributed by atoms with Crippen molar-refractivity contribution in [2.75, 3.05) is 6.54 Å². The third-order valence-electron chi connectivity index (χ3n) is 6.10. The first-order valence-electron chi connectivity index (χ1n) is 10.9. The fraction of sp³-hybridized carbons (Fsp3) is 0.240. The Morgan fingerprint density at radius 3 is 2.85 bits per heavy atom. The van der Waals surface area contributed by atoms with E-state index in [9.17, 15) is 4.79 Å². The average molecular weight is 475 g/mol. The number of nitrogens with zero attached hydrogens (tertiary/aromatic N) is 4. The van der Waals surface area contributed by atoms with Gasteiger partial charge in [-0.05, 0) is 66.9 Å². The third-order valence-corrected chi connectivity index (χ3v) is 8.02. The highest BCUT2D eigenvalue weighted by molar-refractivity contribution is 7.10. The number of pyridine rings is 1. The van der Waals surface area contributed by atoms with Crippen molar-refractivity contribution in [3.05, 3.63) is 80.5 Å². The first-order valence-corrected chi connectivity index (χ1v) is 12.7. The number of fused-ring (bicyclic) bond motifs is 2. The number of aromatic nitrogens is 3. The molecule has 1 aliphatic heterocycles. The second-order valence-electron chi connectivity index (χ2n) is 8.42. The van der Waals surface area contributed by atoms with E-state index in [-0.39, 0.29) is 18.0 Å². The van der Waals surface area contributed by atoms with Crippen molar-refractivity contribution in [3.8, 4) is 11.5 Å². The van der Waals surface area contributed by atoms with Crippen LogP contribution >= 0.6 is 22.7 Å². The molecule has 1 atom stereocenters. The van der Waals surface area contributed by atoms with E-state index < -0.39 is 0 Å². The topological polar surface area (TPSA) is 64.2 Å². The Morgan fingerprint density at radius 2 is 2.09 bits per heavy atom. The Morgan fingerprint density at radius 1 is 1.18 bits per heavy atom. The summed E-state index contributed by atoms with van der Waals surface area (Å²) in [5.74, 6) is 0.629. The van der Waals surface area contributed by atoms with Gasteiger partial charge in [-0.3, -0.25) is 4.79 Å². The van der Waals surface area contributed by atoms with Gasteiger partial charge < -0.3 is 9.32 Å². The van der Waals surface area contributed by atoms with Gasteiger partial charge in [-0.2, -0.15) is 5.10 Å². The molecule has 1 amide bonds. The fourth-order valence-corrected chi connectivity index (χ4v) is 6.33. The Kier molecular flexibility index (Phi) is 4.92. The lowest BCUT2D eigenvalue weighted by molar-refractivity contribution is 0.0701. The van der Waals surface area contributed by atoms with Crippen molar-refractivity contribution >= 4 is 39.6 Å². The summed E-state index contributed by atoms with van der Waals surface area (Å²) >= 11 is 3.47. The highest BCUT2D eigenvalue weighted by atomic mass is 32.1. The molecule has 0 N–H and O–H groups in total. The number of carbonyl (C=O) groups is 1. The largest absolute Gasteiger partial charge is 0.463 e. The molecule has 6 heterocycles. The van der Waals surface area contributed by atoms with Crippen LogP contribution in [0.15, 0.2) is 64.0 Å². The van der Waals surface area contributed by atoms with E-state index in [1.807, 2.05) is 27.8 Å². The zero-order valence-corrected chi connectivity index (χ0v) is 19.9. The standard InChI is InChI=1S/C25H22N4O2S2/c1-15(2)29-24-18(14-26-29)17(13-19(27-24)20-5-3-10-31-20)25(30)28-9-7-21-16(8-12-33-21)23(28)22-6-4-11-32-22/h3-6,8,10-15,23H,7,9H2,1-2H3. The van der Waals surface area contributed by atoms with Crippen LogP contribution in [0.25, 0.3) is 22.5 Å². The van der Waals surface area contributed by atoms with Gasteiger partial charge in [0.05, 0.1) is 29.5 Å². The summed E-state index contributed by atoms with van der Waals surface area (Å²) < 4.78 is 7.49. The van der Waals surface area contributed by atoms with Gasteiger partial charge in [-0.1, -0.05) is 6.07 Å². The number of hydrogen-bond donors (Lipinski definition) is 0. The molecule has 0 spiro atoms. The molecule has 0 aliphatic carbocycles. The molecule has 0 radical (unpaired) electrons. The first kappa shape index (κ1) is 20.4. The summed E-state index contributed by atoms with van der Waals surface area (Å²) in [5, 5.41) is 9.53. The zero-order valence-electron chi connectivity index (χ0n) is 18.3. The molecule has 6 nitrogen and oxygen atoms in total. The molecule has 0 saturated heterocycles. The monoisotopic (exact) mass is 474 g/mol. The SMILES string of the molecule is CC(C)n1ncc2c(C(=O)N3CCc4sccc4C3c3cccs3)cc(-c3ccco3)nc21. The summed E-state index contributed by atoms with van der Waals surface area (Å²) in [5.41, 5.74) is 3.18. The van der Waals surface area contributed by atoms with Gasteiger partial charge in [-0.15, -0.1) is 22.7 Å². The summed E-state index contributed by atoms with van der Waals surface area (Å²) in [7, 11) is 0. The zero-order chi connectivity index (χ0) is 22.5. The minimum Gasteiger partial charge on any atom is -0.463 e. The van der Waals surface area contributed by atoms with Gasteiger partial charge in [0.25, 0.3) is 5.91 Å². The quantitative estimate of drug-likeness (QED) is 0.312. The number of rotatable bonds is 4.